The largest absolute Gasteiger partial charge is 0.418 e. The van der Waals surface area contributed by atoms with E-state index in [0.717, 1.165) is 31.5 Å². The quantitative estimate of drug-likeness (QED) is 0.589. The lowest BCUT2D eigenvalue weighted by Gasteiger charge is -2.38. The molecule has 0 bridgehead atoms. The molecule has 2 aliphatic rings. The van der Waals surface area contributed by atoms with Gasteiger partial charge in [-0.15, -0.1) is 0 Å². The van der Waals surface area contributed by atoms with Crippen LogP contribution in [0.3, 0.4) is 0 Å². The molecule has 148 valence electrons. The van der Waals surface area contributed by atoms with Crippen molar-refractivity contribution >= 4 is 17.3 Å². The van der Waals surface area contributed by atoms with Crippen molar-refractivity contribution in [2.75, 3.05) is 44.7 Å². The van der Waals surface area contributed by atoms with E-state index in [1.54, 1.807) is 4.90 Å². The van der Waals surface area contributed by atoms with Crippen LogP contribution in [0.2, 0.25) is 0 Å². The zero-order valence-electron chi connectivity index (χ0n) is 14.9. The Labute approximate surface area is 154 Å². The maximum Gasteiger partial charge on any atom is 0.418 e. The topological polar surface area (TPSA) is 69.9 Å². The molecule has 27 heavy (non-hydrogen) atoms. The molecule has 1 amide bonds. The lowest BCUT2D eigenvalue weighted by Crippen LogP contribution is -2.53. The van der Waals surface area contributed by atoms with E-state index in [1.165, 1.54) is 4.90 Å². The molecule has 2 aliphatic heterocycles. The van der Waals surface area contributed by atoms with Gasteiger partial charge in [0.25, 0.3) is 5.69 Å². The summed E-state index contributed by atoms with van der Waals surface area (Å²) in [5.74, 6) is 0.0226. The number of piperazine rings is 1. The molecule has 2 heterocycles. The zero-order valence-corrected chi connectivity index (χ0v) is 14.9. The molecule has 0 saturated carbocycles. The minimum atomic E-state index is -4.69. The second-order valence-electron chi connectivity index (χ2n) is 6.91. The number of rotatable bonds is 3. The van der Waals surface area contributed by atoms with Crippen molar-refractivity contribution in [3.63, 3.8) is 0 Å². The molecule has 2 saturated heterocycles. The number of hydrogen-bond donors (Lipinski definition) is 0. The van der Waals surface area contributed by atoms with Crippen molar-refractivity contribution in [1.82, 2.24) is 9.80 Å². The number of carbonyl (C=O) groups is 1. The molecule has 2 fully saturated rings. The van der Waals surface area contributed by atoms with Gasteiger partial charge in [-0.25, -0.2) is 0 Å². The van der Waals surface area contributed by atoms with Crippen LogP contribution in [0.5, 0.6) is 0 Å². The number of likely N-dealkylation sites (N-methyl/N-ethyl adjacent to an activating group) is 1. The average molecular weight is 386 g/mol. The molecule has 7 nitrogen and oxygen atoms in total. The number of hydrogen-bond acceptors (Lipinski definition) is 5. The van der Waals surface area contributed by atoms with Crippen LogP contribution in [0.15, 0.2) is 18.2 Å². The zero-order chi connectivity index (χ0) is 19.8. The van der Waals surface area contributed by atoms with Crippen LogP contribution in [0.1, 0.15) is 18.4 Å². The van der Waals surface area contributed by atoms with Crippen molar-refractivity contribution in [3.8, 4) is 0 Å². The van der Waals surface area contributed by atoms with Gasteiger partial charge in [-0.05, 0) is 32.5 Å². The van der Waals surface area contributed by atoms with Gasteiger partial charge in [-0.3, -0.25) is 19.8 Å². The first-order valence-corrected chi connectivity index (χ1v) is 8.78. The maximum atomic E-state index is 13.4. The molecule has 0 spiro atoms. The van der Waals surface area contributed by atoms with Gasteiger partial charge in [-0.2, -0.15) is 13.2 Å². The van der Waals surface area contributed by atoms with E-state index in [-0.39, 0.29) is 30.7 Å². The fourth-order valence-electron chi connectivity index (χ4n) is 3.74. The van der Waals surface area contributed by atoms with Crippen molar-refractivity contribution in [1.29, 1.82) is 0 Å². The predicted octanol–water partition coefficient (Wildman–Crippen LogP) is 2.36. The number of nitro benzene ring substituents is 1. The Morgan fingerprint density at radius 1 is 1.19 bits per heavy atom. The number of halogens is 3. The van der Waals surface area contributed by atoms with E-state index in [0.29, 0.717) is 19.2 Å². The summed E-state index contributed by atoms with van der Waals surface area (Å²) in [5.41, 5.74) is -1.70. The number of nitro groups is 1. The number of likely N-dealkylation sites (tertiary alicyclic amines) is 1. The van der Waals surface area contributed by atoms with Crippen molar-refractivity contribution in [2.24, 2.45) is 0 Å². The average Bonchev–Trinajstić information content (AvgIpc) is 3.06. The normalized spacial score (nSPS) is 21.6. The van der Waals surface area contributed by atoms with E-state index in [4.69, 9.17) is 0 Å². The standard InChI is InChI=1S/C17H21F3N4O3/c1-21-6-2-3-15(21)16(25)23-9-7-22(8-10-23)14-5-4-12(24(26)27)11-13(14)17(18,19)20/h4-5,11,15H,2-3,6-10H2,1H3. The number of carbonyl (C=O) groups excluding carboxylic acids is 1. The summed E-state index contributed by atoms with van der Waals surface area (Å²) in [6.07, 6.45) is -2.93. The number of alkyl halides is 3. The summed E-state index contributed by atoms with van der Waals surface area (Å²) in [5, 5.41) is 10.8. The van der Waals surface area contributed by atoms with Gasteiger partial charge in [0.15, 0.2) is 0 Å². The fraction of sp³-hybridized carbons (Fsp3) is 0.588. The van der Waals surface area contributed by atoms with Crippen molar-refractivity contribution in [2.45, 2.75) is 25.1 Å². The summed E-state index contributed by atoms with van der Waals surface area (Å²) >= 11 is 0. The third-order valence-corrected chi connectivity index (χ3v) is 5.23. The Morgan fingerprint density at radius 3 is 2.37 bits per heavy atom. The second kappa shape index (κ2) is 7.34. The summed E-state index contributed by atoms with van der Waals surface area (Å²) < 4.78 is 40.1. The van der Waals surface area contributed by atoms with E-state index < -0.39 is 22.4 Å². The highest BCUT2D eigenvalue weighted by Crippen LogP contribution is 2.39. The molecule has 3 rings (SSSR count). The summed E-state index contributed by atoms with van der Waals surface area (Å²) in [6, 6.07) is 2.64. The van der Waals surface area contributed by atoms with Gasteiger partial charge in [0.2, 0.25) is 5.91 Å². The van der Waals surface area contributed by atoms with Crippen LogP contribution >= 0.6 is 0 Å². The molecule has 1 aromatic rings. The van der Waals surface area contributed by atoms with E-state index in [2.05, 4.69) is 0 Å². The van der Waals surface area contributed by atoms with Crippen LogP contribution in [0, 0.1) is 10.1 Å². The highest BCUT2D eigenvalue weighted by atomic mass is 19.4. The fourth-order valence-corrected chi connectivity index (χ4v) is 3.74. The van der Waals surface area contributed by atoms with Crippen molar-refractivity contribution in [3.05, 3.63) is 33.9 Å². The van der Waals surface area contributed by atoms with Crippen LogP contribution in [0.4, 0.5) is 24.5 Å². The first kappa shape index (κ1) is 19.4. The SMILES string of the molecule is CN1CCCC1C(=O)N1CCN(c2ccc([N+](=O)[O-])cc2C(F)(F)F)CC1. The summed E-state index contributed by atoms with van der Waals surface area (Å²) in [7, 11) is 1.90. The minimum absolute atomic E-state index is 0.0226. The van der Waals surface area contributed by atoms with E-state index >= 15 is 0 Å². The summed E-state index contributed by atoms with van der Waals surface area (Å²) in [4.78, 5) is 27.8. The molecular formula is C17H21F3N4O3. The van der Waals surface area contributed by atoms with Crippen molar-refractivity contribution < 1.29 is 22.9 Å². The highest BCUT2D eigenvalue weighted by molar-refractivity contribution is 5.82. The molecule has 1 atom stereocenters. The number of nitrogens with zero attached hydrogens (tertiary/aromatic N) is 4. The predicted molar refractivity (Wildman–Crippen MR) is 92.5 cm³/mol. The first-order valence-electron chi connectivity index (χ1n) is 8.78. The lowest BCUT2D eigenvalue weighted by molar-refractivity contribution is -0.385. The van der Waals surface area contributed by atoms with Crippen LogP contribution in [-0.2, 0) is 11.0 Å². The molecule has 0 radical (unpaired) electrons. The van der Waals surface area contributed by atoms with Gasteiger partial charge in [0.1, 0.15) is 0 Å². The third-order valence-electron chi connectivity index (χ3n) is 5.23. The first-order chi connectivity index (χ1) is 12.7. The molecular weight excluding hydrogens is 365 g/mol. The number of amides is 1. The monoisotopic (exact) mass is 386 g/mol. The van der Waals surface area contributed by atoms with Crippen LogP contribution in [0.25, 0.3) is 0 Å². The molecule has 0 N–H and O–H groups in total. The van der Waals surface area contributed by atoms with Gasteiger partial charge in [0, 0.05) is 44.0 Å². The Morgan fingerprint density at radius 2 is 1.85 bits per heavy atom. The Balaban J connectivity index is 1.74. The molecule has 1 aromatic carbocycles. The number of non-ortho nitro benzene ring substituents is 1. The Bertz CT molecular complexity index is 733. The molecule has 1 unspecified atom stereocenters. The molecule has 10 heteroatoms. The van der Waals surface area contributed by atoms with E-state index in [9.17, 15) is 28.1 Å². The van der Waals surface area contributed by atoms with Gasteiger partial charge < -0.3 is 9.80 Å². The van der Waals surface area contributed by atoms with Gasteiger partial charge in [-0.1, -0.05) is 0 Å². The minimum Gasteiger partial charge on any atom is -0.367 e. The van der Waals surface area contributed by atoms with E-state index in [1.807, 2.05) is 11.9 Å². The van der Waals surface area contributed by atoms with Gasteiger partial charge >= 0.3 is 6.18 Å². The smallest absolute Gasteiger partial charge is 0.367 e. The molecule has 0 aliphatic carbocycles. The number of anilines is 1. The highest BCUT2D eigenvalue weighted by Gasteiger charge is 2.38. The number of benzene rings is 1. The van der Waals surface area contributed by atoms with Crippen LogP contribution < -0.4 is 4.90 Å². The lowest BCUT2D eigenvalue weighted by atomic mass is 10.1. The van der Waals surface area contributed by atoms with Crippen LogP contribution in [-0.4, -0.2) is 66.4 Å². The molecule has 0 aromatic heterocycles. The summed E-state index contributed by atoms with van der Waals surface area (Å²) in [6.45, 7) is 2.04. The van der Waals surface area contributed by atoms with Gasteiger partial charge in [0.05, 0.1) is 16.5 Å². The third kappa shape index (κ3) is 4.00. The maximum absolute atomic E-state index is 13.4. The Kier molecular flexibility index (Phi) is 5.27. The Hall–Kier alpha value is -2.36. The second-order valence-corrected chi connectivity index (χ2v) is 6.91.